The molecule has 19 heavy (non-hydrogen) atoms. The molecule has 0 aliphatic carbocycles. The summed E-state index contributed by atoms with van der Waals surface area (Å²) in [5.74, 6) is -0.525. The minimum Gasteiger partial charge on any atom is -0.377 e. The number of hydrogen-bond donors (Lipinski definition) is 2. The van der Waals surface area contributed by atoms with Crippen molar-refractivity contribution in [2.24, 2.45) is 7.05 Å². The second kappa shape index (κ2) is 5.56. The number of nitrogens with zero attached hydrogens (tertiary/aromatic N) is 1. The van der Waals surface area contributed by atoms with Crippen LogP contribution in [0.4, 0.5) is 15.8 Å². The van der Waals surface area contributed by atoms with E-state index in [1.54, 1.807) is 6.07 Å². The first-order valence-electron chi connectivity index (χ1n) is 5.97. The molecule has 5 heteroatoms. The smallest absolute Gasteiger partial charge is 0.221 e. The Balaban J connectivity index is 2.11. The highest BCUT2D eigenvalue weighted by atomic mass is 19.1. The Bertz CT molecular complexity index is 592. The molecule has 100 valence electrons. The van der Waals surface area contributed by atoms with E-state index in [0.29, 0.717) is 17.9 Å². The van der Waals surface area contributed by atoms with Gasteiger partial charge in [0.25, 0.3) is 0 Å². The summed E-state index contributed by atoms with van der Waals surface area (Å²) in [6, 6.07) is 8.34. The maximum atomic E-state index is 13.7. The van der Waals surface area contributed by atoms with Gasteiger partial charge < -0.3 is 15.2 Å². The summed E-state index contributed by atoms with van der Waals surface area (Å²) in [6.45, 7) is 1.93. The van der Waals surface area contributed by atoms with Gasteiger partial charge >= 0.3 is 0 Å². The molecule has 0 spiro atoms. The van der Waals surface area contributed by atoms with Crippen LogP contribution in [0.5, 0.6) is 0 Å². The second-order valence-corrected chi connectivity index (χ2v) is 4.34. The van der Waals surface area contributed by atoms with E-state index in [4.69, 9.17) is 0 Å². The number of aryl methyl sites for hydroxylation is 1. The van der Waals surface area contributed by atoms with Crippen LogP contribution in [-0.2, 0) is 18.4 Å². The van der Waals surface area contributed by atoms with Crippen molar-refractivity contribution in [3.05, 3.63) is 48.0 Å². The number of rotatable bonds is 4. The predicted molar refractivity (Wildman–Crippen MR) is 73.4 cm³/mol. The summed E-state index contributed by atoms with van der Waals surface area (Å²) in [4.78, 5) is 11.0. The molecule has 0 unspecified atom stereocenters. The average molecular weight is 261 g/mol. The van der Waals surface area contributed by atoms with Gasteiger partial charge in [0.2, 0.25) is 5.91 Å². The number of carbonyl (C=O) groups excluding carboxylic acids is 1. The second-order valence-electron chi connectivity index (χ2n) is 4.34. The van der Waals surface area contributed by atoms with Crippen LogP contribution in [0.25, 0.3) is 0 Å². The molecule has 0 bridgehead atoms. The first-order valence-corrected chi connectivity index (χ1v) is 5.97. The molecule has 2 aromatic rings. The monoisotopic (exact) mass is 261 g/mol. The molecule has 0 atom stereocenters. The van der Waals surface area contributed by atoms with Gasteiger partial charge in [-0.3, -0.25) is 4.79 Å². The molecule has 0 aliphatic rings. The van der Waals surface area contributed by atoms with Crippen molar-refractivity contribution in [1.29, 1.82) is 0 Å². The van der Waals surface area contributed by atoms with E-state index in [0.717, 1.165) is 5.69 Å². The first-order chi connectivity index (χ1) is 9.06. The lowest BCUT2D eigenvalue weighted by Crippen LogP contribution is -2.08. The van der Waals surface area contributed by atoms with Crippen molar-refractivity contribution >= 4 is 17.3 Å². The van der Waals surface area contributed by atoms with Crippen molar-refractivity contribution in [2.75, 3.05) is 10.6 Å². The highest BCUT2D eigenvalue weighted by molar-refractivity contribution is 5.89. The molecule has 1 aromatic heterocycles. The Morgan fingerprint density at radius 1 is 1.37 bits per heavy atom. The molecule has 1 aromatic carbocycles. The van der Waals surface area contributed by atoms with E-state index < -0.39 is 0 Å². The Kier molecular flexibility index (Phi) is 3.85. The van der Waals surface area contributed by atoms with Crippen LogP contribution in [0.2, 0.25) is 0 Å². The molecule has 0 saturated heterocycles. The molecule has 4 nitrogen and oxygen atoms in total. The molecule has 0 fully saturated rings. The van der Waals surface area contributed by atoms with E-state index >= 15 is 0 Å². The molecule has 0 radical (unpaired) electrons. The van der Waals surface area contributed by atoms with E-state index in [1.165, 1.54) is 19.1 Å². The van der Waals surface area contributed by atoms with Crippen LogP contribution in [0.3, 0.4) is 0 Å². The Labute approximate surface area is 111 Å². The number of anilines is 2. The van der Waals surface area contributed by atoms with Gasteiger partial charge in [-0.25, -0.2) is 4.39 Å². The standard InChI is InChI=1S/C14H16FN3O/c1-10(19)17-11-5-6-13(15)14(8-11)16-9-12-4-3-7-18(12)2/h3-8,16H,9H2,1-2H3,(H,17,19). The van der Waals surface area contributed by atoms with Gasteiger partial charge in [0, 0.05) is 31.5 Å². The summed E-state index contributed by atoms with van der Waals surface area (Å²) in [7, 11) is 1.93. The zero-order chi connectivity index (χ0) is 13.8. The lowest BCUT2D eigenvalue weighted by atomic mass is 10.2. The van der Waals surface area contributed by atoms with Gasteiger partial charge in [-0.15, -0.1) is 0 Å². The number of hydrogen-bond acceptors (Lipinski definition) is 2. The van der Waals surface area contributed by atoms with E-state index in [1.807, 2.05) is 29.9 Å². The van der Waals surface area contributed by atoms with Crippen LogP contribution >= 0.6 is 0 Å². The Morgan fingerprint density at radius 2 is 2.16 bits per heavy atom. The summed E-state index contributed by atoms with van der Waals surface area (Å²) >= 11 is 0. The molecule has 2 rings (SSSR count). The van der Waals surface area contributed by atoms with Gasteiger partial charge in [0.1, 0.15) is 5.82 Å². The predicted octanol–water partition coefficient (Wildman–Crippen LogP) is 2.73. The maximum Gasteiger partial charge on any atom is 0.221 e. The van der Waals surface area contributed by atoms with E-state index in [-0.39, 0.29) is 11.7 Å². The third kappa shape index (κ3) is 3.34. The fourth-order valence-corrected chi connectivity index (χ4v) is 1.81. The van der Waals surface area contributed by atoms with Crippen LogP contribution < -0.4 is 10.6 Å². The van der Waals surface area contributed by atoms with Crippen LogP contribution in [-0.4, -0.2) is 10.5 Å². The fourth-order valence-electron chi connectivity index (χ4n) is 1.81. The fraction of sp³-hybridized carbons (Fsp3) is 0.214. The Hall–Kier alpha value is -2.30. The Morgan fingerprint density at radius 3 is 2.79 bits per heavy atom. The van der Waals surface area contributed by atoms with E-state index in [9.17, 15) is 9.18 Å². The van der Waals surface area contributed by atoms with Crippen molar-refractivity contribution in [2.45, 2.75) is 13.5 Å². The minimum atomic E-state index is -0.344. The molecule has 1 amide bonds. The first kappa shape index (κ1) is 13.1. The molecular formula is C14H16FN3O. The van der Waals surface area contributed by atoms with Crippen LogP contribution in [0, 0.1) is 5.82 Å². The van der Waals surface area contributed by atoms with Gasteiger partial charge in [-0.05, 0) is 30.3 Å². The average Bonchev–Trinajstić information content (AvgIpc) is 2.75. The number of aromatic nitrogens is 1. The molecular weight excluding hydrogens is 245 g/mol. The summed E-state index contributed by atoms with van der Waals surface area (Å²) < 4.78 is 15.6. The maximum absolute atomic E-state index is 13.7. The van der Waals surface area contributed by atoms with Crippen LogP contribution in [0.1, 0.15) is 12.6 Å². The van der Waals surface area contributed by atoms with Crippen molar-refractivity contribution < 1.29 is 9.18 Å². The van der Waals surface area contributed by atoms with Crippen LogP contribution in [0.15, 0.2) is 36.5 Å². The topological polar surface area (TPSA) is 46.1 Å². The molecule has 2 N–H and O–H groups in total. The van der Waals surface area contributed by atoms with Gasteiger partial charge in [0.15, 0.2) is 0 Å². The zero-order valence-electron chi connectivity index (χ0n) is 10.9. The van der Waals surface area contributed by atoms with Crippen molar-refractivity contribution in [3.63, 3.8) is 0 Å². The third-order valence-electron chi connectivity index (χ3n) is 2.80. The molecule has 1 heterocycles. The lowest BCUT2D eigenvalue weighted by molar-refractivity contribution is -0.114. The SMILES string of the molecule is CC(=O)Nc1ccc(F)c(NCc2cccn2C)c1. The summed E-state index contributed by atoms with van der Waals surface area (Å²) in [6.07, 6.45) is 1.93. The highest BCUT2D eigenvalue weighted by Crippen LogP contribution is 2.20. The van der Waals surface area contributed by atoms with Crippen molar-refractivity contribution in [1.82, 2.24) is 4.57 Å². The van der Waals surface area contributed by atoms with Gasteiger partial charge in [-0.2, -0.15) is 0 Å². The molecule has 0 aliphatic heterocycles. The third-order valence-corrected chi connectivity index (χ3v) is 2.80. The lowest BCUT2D eigenvalue weighted by Gasteiger charge is -2.10. The molecule has 0 saturated carbocycles. The number of carbonyl (C=O) groups is 1. The van der Waals surface area contributed by atoms with Gasteiger partial charge in [0.05, 0.1) is 12.2 Å². The number of halogens is 1. The summed E-state index contributed by atoms with van der Waals surface area (Å²) in [5.41, 5.74) is 1.99. The van der Waals surface area contributed by atoms with Gasteiger partial charge in [-0.1, -0.05) is 0 Å². The van der Waals surface area contributed by atoms with E-state index in [2.05, 4.69) is 10.6 Å². The number of benzene rings is 1. The minimum absolute atomic E-state index is 0.181. The quantitative estimate of drug-likeness (QED) is 0.889. The normalized spacial score (nSPS) is 10.3. The van der Waals surface area contributed by atoms with Crippen molar-refractivity contribution in [3.8, 4) is 0 Å². The zero-order valence-corrected chi connectivity index (χ0v) is 10.9. The summed E-state index contributed by atoms with van der Waals surface area (Å²) in [5, 5.41) is 5.65. The number of nitrogens with one attached hydrogen (secondary N) is 2. The number of amides is 1. The largest absolute Gasteiger partial charge is 0.377 e. The highest BCUT2D eigenvalue weighted by Gasteiger charge is 2.05.